The summed E-state index contributed by atoms with van der Waals surface area (Å²) in [6.45, 7) is 0. The van der Waals surface area contributed by atoms with Gasteiger partial charge in [0.1, 0.15) is 0 Å². The van der Waals surface area contributed by atoms with Crippen molar-refractivity contribution in [2.24, 2.45) is 5.73 Å². The summed E-state index contributed by atoms with van der Waals surface area (Å²) in [4.78, 5) is 22.5. The smallest absolute Gasteiger partial charge is 0.243 e. The van der Waals surface area contributed by atoms with Crippen molar-refractivity contribution in [1.82, 2.24) is 10.6 Å². The lowest BCUT2D eigenvalue weighted by Gasteiger charge is -2.32. The minimum atomic E-state index is -0.215. The van der Waals surface area contributed by atoms with Gasteiger partial charge in [-0.15, -0.1) is 0 Å². The third kappa shape index (κ3) is 2.80. The van der Waals surface area contributed by atoms with Gasteiger partial charge >= 0.3 is 0 Å². The van der Waals surface area contributed by atoms with Gasteiger partial charge < -0.3 is 11.1 Å². The Morgan fingerprint density at radius 3 is 2.75 bits per heavy atom. The van der Waals surface area contributed by atoms with Gasteiger partial charge in [0.15, 0.2) is 0 Å². The summed E-state index contributed by atoms with van der Waals surface area (Å²) in [5, 5.41) is 5.67. The Kier molecular flexibility index (Phi) is 3.56. The molecule has 0 spiro atoms. The fourth-order valence-electron chi connectivity index (χ4n) is 2.52. The van der Waals surface area contributed by atoms with Gasteiger partial charge in [-0.1, -0.05) is 6.42 Å². The molecule has 1 aliphatic heterocycles. The molecule has 0 radical (unpaired) electrons. The van der Waals surface area contributed by atoms with Crippen LogP contribution in [0.25, 0.3) is 0 Å². The van der Waals surface area contributed by atoms with Gasteiger partial charge in [0.2, 0.25) is 11.8 Å². The Balaban J connectivity index is 1.84. The molecule has 90 valence electrons. The van der Waals surface area contributed by atoms with Crippen molar-refractivity contribution >= 4 is 11.8 Å². The second-order valence-corrected chi connectivity index (χ2v) is 4.79. The first-order chi connectivity index (χ1) is 7.65. The SMILES string of the molecule is NC1CCCC(NC2CCC(=O)NC2=O)C1. The maximum Gasteiger partial charge on any atom is 0.243 e. The zero-order valence-electron chi connectivity index (χ0n) is 9.37. The van der Waals surface area contributed by atoms with E-state index < -0.39 is 0 Å². The predicted molar refractivity (Wildman–Crippen MR) is 59.5 cm³/mol. The van der Waals surface area contributed by atoms with Crippen molar-refractivity contribution in [1.29, 1.82) is 0 Å². The zero-order chi connectivity index (χ0) is 11.5. The fourth-order valence-corrected chi connectivity index (χ4v) is 2.52. The van der Waals surface area contributed by atoms with E-state index in [1.54, 1.807) is 0 Å². The molecule has 3 unspecified atom stereocenters. The second kappa shape index (κ2) is 4.93. The lowest BCUT2D eigenvalue weighted by molar-refractivity contribution is -0.134. The van der Waals surface area contributed by atoms with Crippen molar-refractivity contribution in [3.8, 4) is 0 Å². The first-order valence-corrected chi connectivity index (χ1v) is 6.00. The van der Waals surface area contributed by atoms with Gasteiger partial charge in [0, 0.05) is 18.5 Å². The Morgan fingerprint density at radius 1 is 1.25 bits per heavy atom. The van der Waals surface area contributed by atoms with Crippen LogP contribution in [0.5, 0.6) is 0 Å². The van der Waals surface area contributed by atoms with Crippen molar-refractivity contribution in [3.63, 3.8) is 0 Å². The van der Waals surface area contributed by atoms with Crippen molar-refractivity contribution < 1.29 is 9.59 Å². The lowest BCUT2D eigenvalue weighted by atomic mass is 9.90. The molecule has 3 atom stereocenters. The third-order valence-electron chi connectivity index (χ3n) is 3.39. The van der Waals surface area contributed by atoms with Crippen LogP contribution in [0.1, 0.15) is 38.5 Å². The van der Waals surface area contributed by atoms with Crippen LogP contribution >= 0.6 is 0 Å². The summed E-state index contributed by atoms with van der Waals surface area (Å²) < 4.78 is 0. The number of hydrogen-bond donors (Lipinski definition) is 3. The number of imide groups is 1. The van der Waals surface area contributed by atoms with Crippen LogP contribution < -0.4 is 16.4 Å². The van der Waals surface area contributed by atoms with Crippen LogP contribution in [0.4, 0.5) is 0 Å². The highest BCUT2D eigenvalue weighted by Crippen LogP contribution is 2.18. The summed E-state index contributed by atoms with van der Waals surface area (Å²) in [5.41, 5.74) is 5.89. The molecule has 2 rings (SSSR count). The van der Waals surface area contributed by atoms with Crippen LogP contribution in [0.3, 0.4) is 0 Å². The molecule has 0 aromatic heterocycles. The molecule has 1 heterocycles. The molecule has 2 fully saturated rings. The summed E-state index contributed by atoms with van der Waals surface area (Å²) in [6, 6.07) is 0.361. The van der Waals surface area contributed by atoms with Gasteiger partial charge in [-0.05, 0) is 25.7 Å². The van der Waals surface area contributed by atoms with E-state index in [9.17, 15) is 9.59 Å². The van der Waals surface area contributed by atoms with Gasteiger partial charge in [0.05, 0.1) is 6.04 Å². The van der Waals surface area contributed by atoms with Crippen molar-refractivity contribution in [3.05, 3.63) is 0 Å². The van der Waals surface area contributed by atoms with E-state index in [2.05, 4.69) is 10.6 Å². The first-order valence-electron chi connectivity index (χ1n) is 6.00. The van der Waals surface area contributed by atoms with Crippen LogP contribution in [0, 0.1) is 0 Å². The van der Waals surface area contributed by atoms with E-state index in [0.29, 0.717) is 18.9 Å². The Hall–Kier alpha value is -0.940. The Labute approximate surface area is 95.1 Å². The number of nitrogens with one attached hydrogen (secondary N) is 2. The Bertz CT molecular complexity index is 293. The first kappa shape index (κ1) is 11.5. The Morgan fingerprint density at radius 2 is 2.06 bits per heavy atom. The number of rotatable bonds is 2. The minimum Gasteiger partial charge on any atom is -0.328 e. The topological polar surface area (TPSA) is 84.2 Å². The van der Waals surface area contributed by atoms with Crippen LogP contribution in [-0.2, 0) is 9.59 Å². The fraction of sp³-hybridized carbons (Fsp3) is 0.818. The summed E-state index contributed by atoms with van der Waals surface area (Å²) in [7, 11) is 0. The molecule has 0 aromatic rings. The molecule has 5 heteroatoms. The number of nitrogens with two attached hydrogens (primary N) is 1. The molecule has 1 saturated carbocycles. The molecule has 2 amide bonds. The average Bonchev–Trinajstić information content (AvgIpc) is 2.22. The molecular weight excluding hydrogens is 206 g/mol. The van der Waals surface area contributed by atoms with Gasteiger partial charge in [-0.3, -0.25) is 14.9 Å². The molecule has 4 N–H and O–H groups in total. The molecule has 16 heavy (non-hydrogen) atoms. The zero-order valence-corrected chi connectivity index (χ0v) is 9.37. The molecule has 0 bridgehead atoms. The number of carbonyl (C=O) groups excluding carboxylic acids is 2. The van der Waals surface area contributed by atoms with Crippen LogP contribution in [-0.4, -0.2) is 29.9 Å². The van der Waals surface area contributed by atoms with E-state index in [1.807, 2.05) is 0 Å². The van der Waals surface area contributed by atoms with Crippen LogP contribution in [0.15, 0.2) is 0 Å². The monoisotopic (exact) mass is 225 g/mol. The highest BCUT2D eigenvalue weighted by molar-refractivity contribution is 6.00. The summed E-state index contributed by atoms with van der Waals surface area (Å²) in [5.74, 6) is -0.348. The highest BCUT2D eigenvalue weighted by Gasteiger charge is 2.29. The van der Waals surface area contributed by atoms with E-state index in [-0.39, 0.29) is 23.9 Å². The van der Waals surface area contributed by atoms with E-state index in [1.165, 1.54) is 0 Å². The number of hydrogen-bond acceptors (Lipinski definition) is 4. The average molecular weight is 225 g/mol. The second-order valence-electron chi connectivity index (χ2n) is 4.79. The standard InChI is InChI=1S/C11H19N3O2/c12-7-2-1-3-8(6-7)13-9-4-5-10(15)14-11(9)16/h7-9,13H,1-6,12H2,(H,14,15,16). The summed E-state index contributed by atoms with van der Waals surface area (Å²) >= 11 is 0. The maximum atomic E-state index is 11.5. The molecule has 1 saturated heterocycles. The molecule has 0 aromatic carbocycles. The van der Waals surface area contributed by atoms with E-state index >= 15 is 0 Å². The van der Waals surface area contributed by atoms with Crippen LogP contribution in [0.2, 0.25) is 0 Å². The number of amides is 2. The van der Waals surface area contributed by atoms with Gasteiger partial charge in [0.25, 0.3) is 0 Å². The molecule has 5 nitrogen and oxygen atoms in total. The van der Waals surface area contributed by atoms with Crippen molar-refractivity contribution in [2.45, 2.75) is 56.7 Å². The molecule has 1 aliphatic carbocycles. The molecule has 2 aliphatic rings. The third-order valence-corrected chi connectivity index (χ3v) is 3.39. The maximum absolute atomic E-state index is 11.5. The predicted octanol–water partition coefficient (Wildman–Crippen LogP) is -0.349. The number of carbonyl (C=O) groups is 2. The minimum absolute atomic E-state index is 0.164. The van der Waals surface area contributed by atoms with Gasteiger partial charge in [-0.2, -0.15) is 0 Å². The summed E-state index contributed by atoms with van der Waals surface area (Å²) in [6.07, 6.45) is 5.24. The van der Waals surface area contributed by atoms with Crippen molar-refractivity contribution in [2.75, 3.05) is 0 Å². The van der Waals surface area contributed by atoms with Gasteiger partial charge in [-0.25, -0.2) is 0 Å². The normalized spacial score (nSPS) is 35.9. The van der Waals surface area contributed by atoms with E-state index in [4.69, 9.17) is 5.73 Å². The molecular formula is C11H19N3O2. The highest BCUT2D eigenvalue weighted by atomic mass is 16.2. The quantitative estimate of drug-likeness (QED) is 0.561. The van der Waals surface area contributed by atoms with E-state index in [0.717, 1.165) is 25.7 Å². The number of piperidine rings is 1. The lowest BCUT2D eigenvalue weighted by Crippen LogP contribution is -2.54. The largest absolute Gasteiger partial charge is 0.328 e.